The van der Waals surface area contributed by atoms with Gasteiger partial charge in [0.25, 0.3) is 5.91 Å². The first-order valence-corrected chi connectivity index (χ1v) is 17.2. The Morgan fingerprint density at radius 1 is 0.771 bits per heavy atom. The summed E-state index contributed by atoms with van der Waals surface area (Å²) in [6, 6.07) is 17.6. The summed E-state index contributed by atoms with van der Waals surface area (Å²) < 4.78 is 23.7. The maximum Gasteiger partial charge on any atom is 0.270 e. The highest BCUT2D eigenvalue weighted by Gasteiger charge is 2.36. The third-order valence-electron chi connectivity index (χ3n) is 8.72. The first-order chi connectivity index (χ1) is 23.1. The van der Waals surface area contributed by atoms with Gasteiger partial charge < -0.3 is 23.8 Å². The van der Waals surface area contributed by atoms with Crippen molar-refractivity contribution in [1.29, 1.82) is 0 Å². The number of ether oxygens (including phenoxy) is 4. The second kappa shape index (κ2) is 15.1. The van der Waals surface area contributed by atoms with Gasteiger partial charge in [-0.15, -0.1) is 0 Å². The fourth-order valence-corrected chi connectivity index (χ4v) is 6.33. The van der Waals surface area contributed by atoms with Crippen LogP contribution in [0.5, 0.6) is 23.0 Å². The van der Waals surface area contributed by atoms with Crippen molar-refractivity contribution >= 4 is 23.2 Å². The van der Waals surface area contributed by atoms with Crippen LogP contribution in [0.1, 0.15) is 89.6 Å². The third kappa shape index (κ3) is 7.61. The van der Waals surface area contributed by atoms with Gasteiger partial charge in [-0.3, -0.25) is 9.59 Å². The Morgan fingerprint density at radius 3 is 2.00 bits per heavy atom. The van der Waals surface area contributed by atoms with Crippen LogP contribution >= 0.6 is 0 Å². The second-order valence-corrected chi connectivity index (χ2v) is 13.0. The lowest BCUT2D eigenvalue weighted by Gasteiger charge is -2.39. The molecule has 0 spiro atoms. The third-order valence-corrected chi connectivity index (χ3v) is 8.72. The summed E-state index contributed by atoms with van der Waals surface area (Å²) in [5, 5.41) is 6.07. The molecule has 48 heavy (non-hydrogen) atoms. The average Bonchev–Trinajstić information content (AvgIpc) is 3.06. The van der Waals surface area contributed by atoms with E-state index in [0.717, 1.165) is 22.3 Å². The highest BCUT2D eigenvalue weighted by molar-refractivity contribution is 6.40. The van der Waals surface area contributed by atoms with Gasteiger partial charge >= 0.3 is 0 Å². The quantitative estimate of drug-likeness (QED) is 0.202. The molecule has 3 aromatic rings. The van der Waals surface area contributed by atoms with E-state index in [1.54, 1.807) is 0 Å². The zero-order valence-corrected chi connectivity index (χ0v) is 29.4. The lowest BCUT2D eigenvalue weighted by molar-refractivity contribution is -0.127. The Bertz CT molecular complexity index is 1640. The van der Waals surface area contributed by atoms with Crippen molar-refractivity contribution in [2.75, 3.05) is 38.0 Å². The molecule has 0 N–H and O–H groups in total. The number of fused-ring (bicyclic) bond motifs is 1. The molecule has 1 atom stereocenters. The van der Waals surface area contributed by atoms with Gasteiger partial charge in [0.2, 0.25) is 5.91 Å². The first-order valence-electron chi connectivity index (χ1n) is 17.2. The Morgan fingerprint density at radius 2 is 1.38 bits per heavy atom. The monoisotopic (exact) mass is 655 g/mol. The van der Waals surface area contributed by atoms with Gasteiger partial charge in [-0.25, -0.2) is 5.01 Å². The molecule has 0 radical (unpaired) electrons. The maximum absolute atomic E-state index is 14.5. The zero-order chi connectivity index (χ0) is 34.4. The van der Waals surface area contributed by atoms with Crippen LogP contribution in [0, 0.1) is 0 Å². The summed E-state index contributed by atoms with van der Waals surface area (Å²) in [5.74, 6) is 2.44. The molecule has 0 fully saturated rings. The van der Waals surface area contributed by atoms with Crippen LogP contribution in [0.25, 0.3) is 0 Å². The molecule has 2 heterocycles. The van der Waals surface area contributed by atoms with Gasteiger partial charge in [0.05, 0.1) is 38.2 Å². The molecule has 9 nitrogen and oxygen atoms in total. The number of carbonyl (C=O) groups excluding carboxylic acids is 2. The molecule has 1 unspecified atom stereocenters. The molecule has 0 bridgehead atoms. The molecule has 3 aromatic carbocycles. The van der Waals surface area contributed by atoms with Gasteiger partial charge in [0, 0.05) is 19.4 Å². The minimum atomic E-state index is -0.316. The van der Waals surface area contributed by atoms with Gasteiger partial charge in [0.15, 0.2) is 23.0 Å². The Labute approximate surface area is 284 Å². The number of hydrogen-bond acceptors (Lipinski definition) is 7. The molecule has 0 saturated heterocycles. The molecule has 256 valence electrons. The molecule has 2 amide bonds. The maximum atomic E-state index is 14.5. The van der Waals surface area contributed by atoms with E-state index in [2.05, 4.69) is 31.9 Å². The largest absolute Gasteiger partial charge is 0.490 e. The van der Waals surface area contributed by atoms with E-state index in [0.29, 0.717) is 80.2 Å². The van der Waals surface area contributed by atoms with E-state index in [4.69, 9.17) is 18.9 Å². The standard InChI is InChI=1S/C39H49N3O6/c1-8-45-33-18-12-26(23-34(33)46-9-2)22-32-30-25-36(48-11-4)35(47-10-3)24-27(30)20-21-41(32)38(44)31-17-19-37(43)42(40-31)29-15-13-28(14-16-29)39(5,6)7/h12-16,18,23-25,32H,8-11,17,19-22H2,1-7H3. The summed E-state index contributed by atoms with van der Waals surface area (Å²) >= 11 is 0. The Balaban J connectivity index is 1.53. The van der Waals surface area contributed by atoms with Crippen LogP contribution in [-0.2, 0) is 27.8 Å². The van der Waals surface area contributed by atoms with Crippen molar-refractivity contribution < 1.29 is 28.5 Å². The van der Waals surface area contributed by atoms with Crippen molar-refractivity contribution in [2.45, 2.75) is 85.6 Å². The fraction of sp³-hybridized carbons (Fsp3) is 0.462. The molecule has 0 saturated carbocycles. The second-order valence-electron chi connectivity index (χ2n) is 13.0. The molecule has 0 aromatic heterocycles. The van der Waals surface area contributed by atoms with Crippen LogP contribution in [0.3, 0.4) is 0 Å². The summed E-state index contributed by atoms with van der Waals surface area (Å²) in [5.41, 5.74) is 5.30. The molecular formula is C39H49N3O6. The van der Waals surface area contributed by atoms with Gasteiger partial charge in [0.1, 0.15) is 5.71 Å². The predicted molar refractivity (Wildman–Crippen MR) is 189 cm³/mol. The van der Waals surface area contributed by atoms with Gasteiger partial charge in [-0.05, 0) is 105 Å². The minimum absolute atomic E-state index is 0.0212. The van der Waals surface area contributed by atoms with Crippen molar-refractivity contribution in [3.63, 3.8) is 0 Å². The molecule has 0 aliphatic carbocycles. The number of benzene rings is 3. The van der Waals surface area contributed by atoms with Crippen LogP contribution in [0.15, 0.2) is 59.7 Å². The smallest absolute Gasteiger partial charge is 0.270 e. The van der Waals surface area contributed by atoms with E-state index in [1.165, 1.54) is 5.01 Å². The topological polar surface area (TPSA) is 89.9 Å². The van der Waals surface area contributed by atoms with Crippen LogP contribution in [0.2, 0.25) is 0 Å². The fourth-order valence-electron chi connectivity index (χ4n) is 6.33. The Kier molecular flexibility index (Phi) is 11.0. The number of anilines is 1. The first kappa shape index (κ1) is 34.8. The van der Waals surface area contributed by atoms with E-state index < -0.39 is 0 Å². The molecule has 2 aliphatic rings. The minimum Gasteiger partial charge on any atom is -0.490 e. The zero-order valence-electron chi connectivity index (χ0n) is 29.4. The molecule has 5 rings (SSSR count). The van der Waals surface area contributed by atoms with Crippen LogP contribution in [0.4, 0.5) is 5.69 Å². The Hall–Kier alpha value is -4.53. The molecular weight excluding hydrogens is 606 g/mol. The molecule has 9 heteroatoms. The van der Waals surface area contributed by atoms with E-state index in [1.807, 2.05) is 81.1 Å². The lowest BCUT2D eigenvalue weighted by Crippen LogP contribution is -2.46. The van der Waals surface area contributed by atoms with Crippen molar-refractivity contribution in [3.05, 3.63) is 76.9 Å². The SMILES string of the molecule is CCOc1ccc(CC2c3cc(OCC)c(OCC)cc3CCN2C(=O)C2=NN(c3ccc(C(C)(C)C)cc3)C(=O)CC2)cc1OCC. The normalized spacial score (nSPS) is 16.3. The van der Waals surface area contributed by atoms with Crippen molar-refractivity contribution in [2.24, 2.45) is 5.10 Å². The van der Waals surface area contributed by atoms with E-state index in [9.17, 15) is 9.59 Å². The molecule has 2 aliphatic heterocycles. The van der Waals surface area contributed by atoms with Crippen molar-refractivity contribution in [1.82, 2.24) is 4.90 Å². The summed E-state index contributed by atoms with van der Waals surface area (Å²) in [6.07, 6.45) is 1.69. The number of amides is 2. The average molecular weight is 656 g/mol. The van der Waals surface area contributed by atoms with Crippen molar-refractivity contribution in [3.8, 4) is 23.0 Å². The number of nitrogens with zero attached hydrogens (tertiary/aromatic N) is 3. The van der Waals surface area contributed by atoms with Gasteiger partial charge in [-0.2, -0.15) is 5.10 Å². The number of carbonyl (C=O) groups is 2. The lowest BCUT2D eigenvalue weighted by atomic mass is 9.87. The van der Waals surface area contributed by atoms with Crippen LogP contribution in [-0.4, -0.2) is 55.4 Å². The van der Waals surface area contributed by atoms with Gasteiger partial charge in [-0.1, -0.05) is 39.0 Å². The van der Waals surface area contributed by atoms with E-state index >= 15 is 0 Å². The number of rotatable bonds is 12. The number of hydrogen-bond donors (Lipinski definition) is 0. The van der Waals surface area contributed by atoms with E-state index in [-0.39, 0.29) is 36.1 Å². The predicted octanol–water partition coefficient (Wildman–Crippen LogP) is 7.43. The summed E-state index contributed by atoms with van der Waals surface area (Å²) in [4.78, 5) is 29.5. The highest BCUT2D eigenvalue weighted by atomic mass is 16.5. The number of hydrazone groups is 1. The van der Waals surface area contributed by atoms with Crippen LogP contribution < -0.4 is 24.0 Å². The highest BCUT2D eigenvalue weighted by Crippen LogP contribution is 2.41. The summed E-state index contributed by atoms with van der Waals surface area (Å²) in [6.45, 7) is 16.8. The summed E-state index contributed by atoms with van der Waals surface area (Å²) in [7, 11) is 0.